The number of para-hydroxylation sites is 6. The minimum absolute atomic E-state index is 0.868. The predicted molar refractivity (Wildman–Crippen MR) is 235 cm³/mol. The van der Waals surface area contributed by atoms with E-state index in [1.807, 2.05) is 6.07 Å². The number of aromatic nitrogens is 1. The molecule has 0 atom stereocenters. The summed E-state index contributed by atoms with van der Waals surface area (Å²) in [7, 11) is 0. The number of fused-ring (bicyclic) bond motifs is 8. The van der Waals surface area contributed by atoms with Crippen molar-refractivity contribution < 1.29 is 4.42 Å². The first-order chi connectivity index (χ1) is 27.8. The van der Waals surface area contributed by atoms with Crippen LogP contribution in [0.4, 0.5) is 34.1 Å². The molecule has 0 aliphatic carbocycles. The Morgan fingerprint density at radius 2 is 0.804 bits per heavy atom. The maximum absolute atomic E-state index is 6.65. The van der Waals surface area contributed by atoms with Crippen molar-refractivity contribution in [3.8, 4) is 5.69 Å². The second-order valence-electron chi connectivity index (χ2n) is 14.1. The minimum atomic E-state index is 0.868. The molecule has 2 heterocycles. The van der Waals surface area contributed by atoms with Gasteiger partial charge in [-0.15, -0.1) is 0 Å². The molecule has 0 radical (unpaired) electrons. The van der Waals surface area contributed by atoms with E-state index in [4.69, 9.17) is 4.42 Å². The molecular formula is C52H35N3O. The smallest absolute Gasteiger partial charge is 0.138 e. The number of hydrogen-bond donors (Lipinski definition) is 0. The van der Waals surface area contributed by atoms with E-state index in [0.717, 1.165) is 88.9 Å². The van der Waals surface area contributed by atoms with Crippen molar-refractivity contribution in [1.82, 2.24) is 4.57 Å². The topological polar surface area (TPSA) is 24.6 Å². The number of benzene rings is 9. The highest BCUT2D eigenvalue weighted by Crippen LogP contribution is 2.49. The van der Waals surface area contributed by atoms with Crippen LogP contribution in [-0.4, -0.2) is 4.57 Å². The molecule has 11 rings (SSSR count). The average Bonchev–Trinajstić information content (AvgIpc) is 3.81. The third-order valence-electron chi connectivity index (χ3n) is 10.9. The molecule has 0 amide bonds. The zero-order chi connectivity index (χ0) is 37.0. The number of hydrogen-bond acceptors (Lipinski definition) is 3. The van der Waals surface area contributed by atoms with Gasteiger partial charge in [0, 0.05) is 55.7 Å². The normalized spacial score (nSPS) is 11.6. The monoisotopic (exact) mass is 717 g/mol. The Labute approximate surface area is 324 Å². The lowest BCUT2D eigenvalue weighted by Crippen LogP contribution is -2.14. The van der Waals surface area contributed by atoms with Crippen LogP contribution < -0.4 is 9.80 Å². The fourth-order valence-electron chi connectivity index (χ4n) is 8.56. The summed E-state index contributed by atoms with van der Waals surface area (Å²) in [6.07, 6.45) is 0. The largest absolute Gasteiger partial charge is 0.456 e. The molecule has 0 aliphatic rings. The maximum atomic E-state index is 6.65. The molecule has 0 saturated carbocycles. The van der Waals surface area contributed by atoms with Crippen LogP contribution in [0.3, 0.4) is 0 Å². The summed E-state index contributed by atoms with van der Waals surface area (Å²) in [5.41, 5.74) is 11.5. The van der Waals surface area contributed by atoms with Crippen molar-refractivity contribution in [2.75, 3.05) is 9.80 Å². The van der Waals surface area contributed by atoms with E-state index in [1.54, 1.807) is 0 Å². The minimum Gasteiger partial charge on any atom is -0.456 e. The first-order valence-corrected chi connectivity index (χ1v) is 19.0. The van der Waals surface area contributed by atoms with Crippen molar-refractivity contribution in [3.63, 3.8) is 0 Å². The van der Waals surface area contributed by atoms with E-state index in [2.05, 4.69) is 221 Å². The van der Waals surface area contributed by atoms with Gasteiger partial charge in [0.25, 0.3) is 0 Å². The molecule has 0 N–H and O–H groups in total. The molecular weight excluding hydrogens is 683 g/mol. The predicted octanol–water partition coefficient (Wildman–Crippen LogP) is 14.8. The van der Waals surface area contributed by atoms with Crippen LogP contribution in [-0.2, 0) is 0 Å². The second kappa shape index (κ2) is 13.1. The van der Waals surface area contributed by atoms with Crippen LogP contribution in [0.2, 0.25) is 0 Å². The zero-order valence-electron chi connectivity index (χ0n) is 30.5. The molecule has 4 heteroatoms. The van der Waals surface area contributed by atoms with Crippen LogP contribution in [0.1, 0.15) is 0 Å². The van der Waals surface area contributed by atoms with Gasteiger partial charge in [-0.05, 0) is 78.2 Å². The number of nitrogens with zero attached hydrogens (tertiary/aromatic N) is 3. The Kier molecular flexibility index (Phi) is 7.46. The highest BCUT2D eigenvalue weighted by atomic mass is 16.3. The summed E-state index contributed by atoms with van der Waals surface area (Å²) in [4.78, 5) is 4.76. The van der Waals surface area contributed by atoms with Gasteiger partial charge in [0.05, 0.1) is 28.1 Å². The van der Waals surface area contributed by atoms with Crippen LogP contribution >= 0.6 is 0 Å². The van der Waals surface area contributed by atoms with E-state index < -0.39 is 0 Å². The van der Waals surface area contributed by atoms with Crippen molar-refractivity contribution >= 4 is 88.6 Å². The van der Waals surface area contributed by atoms with Gasteiger partial charge in [0.15, 0.2) is 0 Å². The Balaban J connectivity index is 1.32. The van der Waals surface area contributed by atoms with Gasteiger partial charge in [-0.2, -0.15) is 0 Å². The first-order valence-electron chi connectivity index (χ1n) is 19.0. The van der Waals surface area contributed by atoms with Gasteiger partial charge in [-0.3, -0.25) is 0 Å². The second-order valence-corrected chi connectivity index (χ2v) is 14.1. The van der Waals surface area contributed by atoms with Crippen LogP contribution in [0.15, 0.2) is 217 Å². The van der Waals surface area contributed by atoms with Crippen molar-refractivity contribution in [1.29, 1.82) is 0 Å². The molecule has 0 spiro atoms. The molecule has 56 heavy (non-hydrogen) atoms. The van der Waals surface area contributed by atoms with Gasteiger partial charge in [0.1, 0.15) is 11.2 Å². The molecule has 11 aromatic rings. The lowest BCUT2D eigenvalue weighted by molar-refractivity contribution is 0.669. The first kappa shape index (κ1) is 31.9. The van der Waals surface area contributed by atoms with Gasteiger partial charge < -0.3 is 18.8 Å². The Bertz CT molecular complexity index is 3110. The zero-order valence-corrected chi connectivity index (χ0v) is 30.5. The maximum Gasteiger partial charge on any atom is 0.138 e. The molecule has 0 unspecified atom stereocenters. The highest BCUT2D eigenvalue weighted by Gasteiger charge is 2.26. The summed E-state index contributed by atoms with van der Waals surface area (Å²) in [5.74, 6) is 0. The van der Waals surface area contributed by atoms with E-state index in [0.29, 0.717) is 0 Å². The van der Waals surface area contributed by atoms with Gasteiger partial charge in [-0.25, -0.2) is 0 Å². The van der Waals surface area contributed by atoms with E-state index >= 15 is 0 Å². The van der Waals surface area contributed by atoms with Crippen LogP contribution in [0, 0.1) is 0 Å². The molecule has 0 bridgehead atoms. The quantitative estimate of drug-likeness (QED) is 0.164. The summed E-state index contributed by atoms with van der Waals surface area (Å²) >= 11 is 0. The van der Waals surface area contributed by atoms with Gasteiger partial charge in [-0.1, -0.05) is 133 Å². The molecule has 264 valence electrons. The summed E-state index contributed by atoms with van der Waals surface area (Å²) in [6, 6.07) is 75.6. The Hall–Kier alpha value is -7.56. The SMILES string of the molecule is c1ccc(N(c2ccccc2)c2cc(N(c3ccccc3)c3ccccc3)c3c4ccccc4n(-c4cc5oc6ccccc6c5c5ccccc45)c3c2)cc1. The standard InChI is InChI=1S/C52H35N3O/c1-5-19-36(20-6-1)53(37-21-7-2-8-22-37)40-33-47(54(38-23-9-3-10-24-38)39-25-11-4-12-26-39)52-43-29-15-17-31-45(43)55(48(52)34-40)46-35-50-51(42-28-14-13-27-41(42)46)44-30-16-18-32-49(44)56-50/h1-35H. The van der Waals surface area contributed by atoms with Gasteiger partial charge >= 0.3 is 0 Å². The molecule has 9 aromatic carbocycles. The van der Waals surface area contributed by atoms with Gasteiger partial charge in [0.2, 0.25) is 0 Å². The van der Waals surface area contributed by atoms with Crippen LogP contribution in [0.25, 0.3) is 60.2 Å². The van der Waals surface area contributed by atoms with E-state index in [-0.39, 0.29) is 0 Å². The summed E-state index contributed by atoms with van der Waals surface area (Å²) < 4.78 is 9.10. The third kappa shape index (κ3) is 5.08. The van der Waals surface area contributed by atoms with E-state index in [1.165, 1.54) is 5.39 Å². The summed E-state index contributed by atoms with van der Waals surface area (Å²) in [6.45, 7) is 0. The fourth-order valence-corrected chi connectivity index (χ4v) is 8.56. The lowest BCUT2D eigenvalue weighted by atomic mass is 10.0. The Morgan fingerprint density at radius 3 is 1.41 bits per heavy atom. The van der Waals surface area contributed by atoms with Crippen LogP contribution in [0.5, 0.6) is 0 Å². The van der Waals surface area contributed by atoms with Crippen molar-refractivity contribution in [2.24, 2.45) is 0 Å². The average molecular weight is 718 g/mol. The molecule has 4 nitrogen and oxygen atoms in total. The molecule has 0 fully saturated rings. The molecule has 0 aliphatic heterocycles. The molecule has 0 saturated heterocycles. The van der Waals surface area contributed by atoms with Crippen molar-refractivity contribution in [3.05, 3.63) is 212 Å². The number of rotatable bonds is 7. The summed E-state index contributed by atoms with van der Waals surface area (Å²) in [5, 5.41) is 6.91. The van der Waals surface area contributed by atoms with E-state index in [9.17, 15) is 0 Å². The van der Waals surface area contributed by atoms with Crippen molar-refractivity contribution in [2.45, 2.75) is 0 Å². The Morgan fingerprint density at radius 1 is 0.321 bits per heavy atom. The third-order valence-corrected chi connectivity index (χ3v) is 10.9. The lowest BCUT2D eigenvalue weighted by Gasteiger charge is -2.30. The molecule has 2 aromatic heterocycles. The number of furan rings is 1. The fraction of sp³-hybridized carbons (Fsp3) is 0. The highest BCUT2D eigenvalue weighted by molar-refractivity contribution is 6.23. The number of anilines is 6.